The van der Waals surface area contributed by atoms with E-state index >= 15 is 0 Å². The van der Waals surface area contributed by atoms with Crippen LogP contribution in [0.5, 0.6) is 0 Å². The number of rotatable bonds is 3. The second kappa shape index (κ2) is 5.03. The van der Waals surface area contributed by atoms with Crippen molar-refractivity contribution in [2.45, 2.75) is 50.4 Å². The third-order valence-corrected chi connectivity index (χ3v) is 6.30. The molecule has 1 aromatic carbocycles. The first-order valence-electron chi connectivity index (χ1n) is 8.27. The van der Waals surface area contributed by atoms with Crippen LogP contribution in [-0.2, 0) is 11.8 Å². The van der Waals surface area contributed by atoms with Crippen LogP contribution in [0.4, 0.5) is 0 Å². The van der Waals surface area contributed by atoms with Gasteiger partial charge in [0.2, 0.25) is 0 Å². The van der Waals surface area contributed by atoms with Gasteiger partial charge in [0, 0.05) is 5.02 Å². The summed E-state index contributed by atoms with van der Waals surface area (Å²) in [6.07, 6.45) is 9.74. The number of benzene rings is 1. The summed E-state index contributed by atoms with van der Waals surface area (Å²) in [5.41, 5.74) is 3.70. The van der Waals surface area contributed by atoms with Crippen molar-refractivity contribution in [1.82, 2.24) is 5.32 Å². The van der Waals surface area contributed by atoms with E-state index in [4.69, 9.17) is 11.6 Å². The van der Waals surface area contributed by atoms with E-state index in [0.29, 0.717) is 5.41 Å². The van der Waals surface area contributed by atoms with Crippen molar-refractivity contribution < 1.29 is 0 Å². The van der Waals surface area contributed by atoms with E-state index in [2.05, 4.69) is 23.5 Å². The normalized spacial score (nSPS) is 32.5. The monoisotopic (exact) mass is 289 g/mol. The van der Waals surface area contributed by atoms with E-state index < -0.39 is 0 Å². The molecule has 4 rings (SSSR count). The molecule has 2 heteroatoms. The summed E-state index contributed by atoms with van der Waals surface area (Å²) in [5.74, 6) is 1.92. The molecular weight excluding hydrogens is 266 g/mol. The standard InChI is InChI=1S/C18H24ClN/c19-16-4-2-14-5-8-18(17(14)11-16)12-15(18)3-1-13-6-9-20-10-7-13/h2,4,11,13,15,20H,1,3,5-10,12H2. The molecule has 1 saturated carbocycles. The molecule has 1 N–H and O–H groups in total. The number of aryl methyl sites for hydroxylation is 1. The van der Waals surface area contributed by atoms with Gasteiger partial charge in [-0.1, -0.05) is 24.1 Å². The molecule has 1 spiro atoms. The summed E-state index contributed by atoms with van der Waals surface area (Å²) < 4.78 is 0. The molecule has 0 radical (unpaired) electrons. The maximum absolute atomic E-state index is 6.22. The number of piperidine rings is 1. The molecule has 108 valence electrons. The molecular formula is C18H24ClN. The van der Waals surface area contributed by atoms with Crippen LogP contribution in [0.2, 0.25) is 5.02 Å². The minimum Gasteiger partial charge on any atom is -0.317 e. The lowest BCUT2D eigenvalue weighted by atomic mass is 9.89. The third-order valence-electron chi connectivity index (χ3n) is 6.06. The summed E-state index contributed by atoms with van der Waals surface area (Å²) in [7, 11) is 0. The van der Waals surface area contributed by atoms with Crippen LogP contribution >= 0.6 is 11.6 Å². The van der Waals surface area contributed by atoms with E-state index in [1.165, 1.54) is 58.0 Å². The zero-order chi connectivity index (χ0) is 13.6. The second-order valence-electron chi connectivity index (χ2n) is 7.13. The molecule has 1 aromatic rings. The maximum atomic E-state index is 6.22. The first kappa shape index (κ1) is 13.2. The van der Waals surface area contributed by atoms with E-state index in [1.807, 2.05) is 0 Å². The molecule has 1 nitrogen and oxygen atoms in total. The number of hydrogen-bond donors (Lipinski definition) is 1. The molecule has 2 fully saturated rings. The zero-order valence-electron chi connectivity index (χ0n) is 12.1. The number of fused-ring (bicyclic) bond motifs is 2. The Kier molecular flexibility index (Phi) is 3.31. The highest BCUT2D eigenvalue weighted by molar-refractivity contribution is 6.30. The highest BCUT2D eigenvalue weighted by atomic mass is 35.5. The lowest BCUT2D eigenvalue weighted by Gasteiger charge is -2.23. The van der Waals surface area contributed by atoms with Crippen LogP contribution < -0.4 is 5.32 Å². The molecule has 2 atom stereocenters. The minimum absolute atomic E-state index is 0.535. The minimum atomic E-state index is 0.535. The summed E-state index contributed by atoms with van der Waals surface area (Å²) in [5, 5.41) is 4.40. The molecule has 2 unspecified atom stereocenters. The fraction of sp³-hybridized carbons (Fsp3) is 0.667. The number of nitrogens with one attached hydrogen (secondary N) is 1. The largest absolute Gasteiger partial charge is 0.317 e. The Balaban J connectivity index is 1.41. The van der Waals surface area contributed by atoms with Crippen molar-refractivity contribution in [3.8, 4) is 0 Å². The van der Waals surface area contributed by atoms with Crippen molar-refractivity contribution >= 4 is 11.6 Å². The van der Waals surface area contributed by atoms with Gasteiger partial charge in [-0.2, -0.15) is 0 Å². The van der Waals surface area contributed by atoms with E-state index in [0.717, 1.165) is 16.9 Å². The summed E-state index contributed by atoms with van der Waals surface area (Å²) in [6, 6.07) is 6.58. The van der Waals surface area contributed by atoms with Gasteiger partial charge in [0.05, 0.1) is 0 Å². The Bertz CT molecular complexity index is 506. The smallest absolute Gasteiger partial charge is 0.0409 e. The Hall–Kier alpha value is -0.530. The highest BCUT2D eigenvalue weighted by Gasteiger charge is 2.57. The fourth-order valence-electron chi connectivity index (χ4n) is 4.73. The van der Waals surface area contributed by atoms with Crippen LogP contribution in [0, 0.1) is 11.8 Å². The predicted molar refractivity (Wildman–Crippen MR) is 84.4 cm³/mol. The van der Waals surface area contributed by atoms with Crippen LogP contribution in [0.25, 0.3) is 0 Å². The molecule has 0 bridgehead atoms. The highest BCUT2D eigenvalue weighted by Crippen LogP contribution is 2.63. The van der Waals surface area contributed by atoms with Gasteiger partial charge in [-0.25, -0.2) is 0 Å². The van der Waals surface area contributed by atoms with Gasteiger partial charge in [-0.3, -0.25) is 0 Å². The van der Waals surface area contributed by atoms with Gasteiger partial charge in [0.25, 0.3) is 0 Å². The summed E-state index contributed by atoms with van der Waals surface area (Å²) >= 11 is 6.22. The van der Waals surface area contributed by atoms with Crippen LogP contribution in [0.1, 0.15) is 49.7 Å². The molecule has 1 heterocycles. The van der Waals surface area contributed by atoms with Crippen molar-refractivity contribution in [3.63, 3.8) is 0 Å². The van der Waals surface area contributed by atoms with Crippen LogP contribution in [0.3, 0.4) is 0 Å². The number of halogens is 1. The van der Waals surface area contributed by atoms with Gasteiger partial charge in [0.15, 0.2) is 0 Å². The molecule has 1 saturated heterocycles. The molecule has 20 heavy (non-hydrogen) atoms. The van der Waals surface area contributed by atoms with Crippen LogP contribution in [0.15, 0.2) is 18.2 Å². The quantitative estimate of drug-likeness (QED) is 0.874. The molecule has 3 aliphatic rings. The lowest BCUT2D eigenvalue weighted by molar-refractivity contribution is 0.335. The fourth-order valence-corrected chi connectivity index (χ4v) is 4.90. The average Bonchev–Trinajstić information content (AvgIpc) is 3.08. The SMILES string of the molecule is Clc1ccc2c(c1)C1(CC2)CC1CCC1CCNCC1. The van der Waals surface area contributed by atoms with Gasteiger partial charge in [-0.15, -0.1) is 0 Å². The van der Waals surface area contributed by atoms with Crippen molar-refractivity contribution in [2.24, 2.45) is 11.8 Å². The van der Waals surface area contributed by atoms with E-state index in [9.17, 15) is 0 Å². The van der Waals surface area contributed by atoms with Gasteiger partial charge in [-0.05, 0) is 92.1 Å². The van der Waals surface area contributed by atoms with E-state index in [1.54, 1.807) is 11.1 Å². The topological polar surface area (TPSA) is 12.0 Å². The Morgan fingerprint density at radius 2 is 2.05 bits per heavy atom. The van der Waals surface area contributed by atoms with Gasteiger partial charge >= 0.3 is 0 Å². The molecule has 1 aliphatic heterocycles. The number of hydrogen-bond acceptors (Lipinski definition) is 1. The Morgan fingerprint density at radius 3 is 2.90 bits per heavy atom. The van der Waals surface area contributed by atoms with Crippen molar-refractivity contribution in [3.05, 3.63) is 34.3 Å². The first-order valence-corrected chi connectivity index (χ1v) is 8.65. The zero-order valence-corrected chi connectivity index (χ0v) is 12.9. The first-order chi connectivity index (χ1) is 9.78. The molecule has 0 aromatic heterocycles. The molecule has 2 aliphatic carbocycles. The lowest BCUT2D eigenvalue weighted by Crippen LogP contribution is -2.27. The summed E-state index contributed by atoms with van der Waals surface area (Å²) in [6.45, 7) is 2.47. The second-order valence-corrected chi connectivity index (χ2v) is 7.57. The average molecular weight is 290 g/mol. The third kappa shape index (κ3) is 2.19. The van der Waals surface area contributed by atoms with E-state index in [-0.39, 0.29) is 0 Å². The molecule has 0 amide bonds. The predicted octanol–water partition coefficient (Wildman–Crippen LogP) is 4.32. The maximum Gasteiger partial charge on any atom is 0.0409 e. The Morgan fingerprint density at radius 1 is 1.20 bits per heavy atom. The van der Waals surface area contributed by atoms with Gasteiger partial charge < -0.3 is 5.32 Å². The Labute approximate surface area is 127 Å². The van der Waals surface area contributed by atoms with Crippen LogP contribution in [-0.4, -0.2) is 13.1 Å². The van der Waals surface area contributed by atoms with Crippen molar-refractivity contribution in [1.29, 1.82) is 0 Å². The summed E-state index contributed by atoms with van der Waals surface area (Å²) in [4.78, 5) is 0. The van der Waals surface area contributed by atoms with Crippen molar-refractivity contribution in [2.75, 3.05) is 13.1 Å². The van der Waals surface area contributed by atoms with Gasteiger partial charge in [0.1, 0.15) is 0 Å².